The molecule has 0 aliphatic rings. The summed E-state index contributed by atoms with van der Waals surface area (Å²) in [5, 5.41) is 15.3. The molecular weight excluding hydrogens is 142 g/mol. The molecule has 62 valence electrons. The molecule has 1 aromatic rings. The van der Waals surface area contributed by atoms with E-state index < -0.39 is 0 Å². The molecule has 11 heavy (non-hydrogen) atoms. The molecule has 1 heterocycles. The normalized spacial score (nSPS) is 10.8. The minimum Gasteiger partial charge on any atom is -0.395 e. The van der Waals surface area contributed by atoms with Crippen LogP contribution in [0.4, 0.5) is 0 Å². The molecule has 0 saturated carbocycles. The highest BCUT2D eigenvalue weighted by molar-refractivity contribution is 4.96. The van der Waals surface area contributed by atoms with E-state index >= 15 is 0 Å². The van der Waals surface area contributed by atoms with E-state index in [0.29, 0.717) is 6.54 Å². The van der Waals surface area contributed by atoms with Gasteiger partial charge in [-0.15, -0.1) is 0 Å². The zero-order valence-electron chi connectivity index (χ0n) is 6.62. The number of hydrogen-bond donors (Lipinski definition) is 2. The van der Waals surface area contributed by atoms with Gasteiger partial charge in [-0.05, 0) is 13.1 Å². The molecule has 0 aromatic carbocycles. The van der Waals surface area contributed by atoms with Crippen LogP contribution < -0.4 is 0 Å². The van der Waals surface area contributed by atoms with Gasteiger partial charge in [-0.1, -0.05) is 0 Å². The van der Waals surface area contributed by atoms with Crippen LogP contribution in [0.1, 0.15) is 5.69 Å². The first-order valence-electron chi connectivity index (χ1n) is 3.61. The van der Waals surface area contributed by atoms with Crippen molar-refractivity contribution in [1.82, 2.24) is 15.1 Å². The Morgan fingerprint density at radius 1 is 1.73 bits per heavy atom. The Morgan fingerprint density at radius 2 is 2.55 bits per heavy atom. The molecule has 1 rings (SSSR count). The van der Waals surface area contributed by atoms with Crippen LogP contribution in [0.25, 0.3) is 0 Å². The summed E-state index contributed by atoms with van der Waals surface area (Å²) in [5.74, 6) is 0. The molecule has 0 radical (unpaired) electrons. The van der Waals surface area contributed by atoms with Gasteiger partial charge >= 0.3 is 0 Å². The number of nitrogens with one attached hydrogen (secondary N) is 1. The minimum absolute atomic E-state index is 0.195. The first-order chi connectivity index (χ1) is 5.33. The Balaban J connectivity index is 2.31. The summed E-state index contributed by atoms with van der Waals surface area (Å²) < 4.78 is 0. The first kappa shape index (κ1) is 8.23. The van der Waals surface area contributed by atoms with Gasteiger partial charge in [0.05, 0.1) is 12.3 Å². The van der Waals surface area contributed by atoms with Crippen molar-refractivity contribution in [3.63, 3.8) is 0 Å². The van der Waals surface area contributed by atoms with Crippen LogP contribution in [-0.4, -0.2) is 40.4 Å². The molecule has 0 saturated heterocycles. The second-order valence-electron chi connectivity index (χ2n) is 2.53. The molecule has 4 heteroatoms. The number of aliphatic hydroxyl groups excluding tert-OH is 1. The zero-order valence-corrected chi connectivity index (χ0v) is 6.62. The number of rotatable bonds is 4. The highest BCUT2D eigenvalue weighted by Crippen LogP contribution is 1.95. The molecule has 4 nitrogen and oxygen atoms in total. The van der Waals surface area contributed by atoms with Crippen molar-refractivity contribution in [2.24, 2.45) is 0 Å². The number of H-pyrrole nitrogens is 1. The monoisotopic (exact) mass is 155 g/mol. The summed E-state index contributed by atoms with van der Waals surface area (Å²) in [6.45, 7) is 1.66. The number of aromatic amines is 1. The third-order valence-corrected chi connectivity index (χ3v) is 1.47. The van der Waals surface area contributed by atoms with E-state index in [4.69, 9.17) is 5.11 Å². The number of likely N-dealkylation sites (N-methyl/N-ethyl adjacent to an activating group) is 1. The molecule has 0 fully saturated rings. The summed E-state index contributed by atoms with van der Waals surface area (Å²) in [4.78, 5) is 2.01. The van der Waals surface area contributed by atoms with Crippen LogP contribution in [-0.2, 0) is 6.54 Å². The van der Waals surface area contributed by atoms with Gasteiger partial charge in [0.25, 0.3) is 0 Å². The maximum atomic E-state index is 8.60. The van der Waals surface area contributed by atoms with Crippen LogP contribution in [0.5, 0.6) is 0 Å². The molecule has 0 amide bonds. The van der Waals surface area contributed by atoms with Crippen LogP contribution in [0.2, 0.25) is 0 Å². The quantitative estimate of drug-likeness (QED) is 0.635. The summed E-state index contributed by atoms with van der Waals surface area (Å²) in [7, 11) is 1.95. The molecule has 0 spiro atoms. The fourth-order valence-corrected chi connectivity index (χ4v) is 0.905. The number of aliphatic hydroxyl groups is 1. The summed E-state index contributed by atoms with van der Waals surface area (Å²) in [5.41, 5.74) is 1.00. The van der Waals surface area contributed by atoms with Gasteiger partial charge in [0.15, 0.2) is 0 Å². The third-order valence-electron chi connectivity index (χ3n) is 1.47. The van der Waals surface area contributed by atoms with E-state index in [1.54, 1.807) is 6.20 Å². The van der Waals surface area contributed by atoms with E-state index in [2.05, 4.69) is 10.2 Å². The summed E-state index contributed by atoms with van der Waals surface area (Å²) in [6, 6.07) is 1.92. The van der Waals surface area contributed by atoms with Crippen molar-refractivity contribution < 1.29 is 5.11 Å². The SMILES string of the molecule is CN(CCO)Cc1cc[nH]n1. The fourth-order valence-electron chi connectivity index (χ4n) is 0.905. The van der Waals surface area contributed by atoms with Gasteiger partial charge in [0.2, 0.25) is 0 Å². The Bertz CT molecular complexity index is 186. The minimum atomic E-state index is 0.195. The van der Waals surface area contributed by atoms with Crippen molar-refractivity contribution in [2.45, 2.75) is 6.54 Å². The Hall–Kier alpha value is -0.870. The van der Waals surface area contributed by atoms with Gasteiger partial charge in [-0.3, -0.25) is 10.00 Å². The Kier molecular flexibility index (Phi) is 3.07. The van der Waals surface area contributed by atoms with Crippen molar-refractivity contribution in [3.8, 4) is 0 Å². The lowest BCUT2D eigenvalue weighted by molar-refractivity contribution is 0.216. The zero-order chi connectivity index (χ0) is 8.10. The lowest BCUT2D eigenvalue weighted by atomic mass is 10.4. The molecule has 2 N–H and O–H groups in total. The van der Waals surface area contributed by atoms with Crippen molar-refractivity contribution in [3.05, 3.63) is 18.0 Å². The van der Waals surface area contributed by atoms with E-state index in [9.17, 15) is 0 Å². The molecular formula is C7H13N3O. The van der Waals surface area contributed by atoms with Gasteiger partial charge in [-0.25, -0.2) is 0 Å². The van der Waals surface area contributed by atoms with Gasteiger partial charge in [-0.2, -0.15) is 5.10 Å². The summed E-state index contributed by atoms with van der Waals surface area (Å²) >= 11 is 0. The first-order valence-corrected chi connectivity index (χ1v) is 3.61. The van der Waals surface area contributed by atoms with E-state index in [1.165, 1.54) is 0 Å². The lowest BCUT2D eigenvalue weighted by Gasteiger charge is -2.12. The van der Waals surface area contributed by atoms with Crippen molar-refractivity contribution >= 4 is 0 Å². The van der Waals surface area contributed by atoms with Gasteiger partial charge in [0, 0.05) is 19.3 Å². The standard InChI is InChI=1S/C7H13N3O/c1-10(4-5-11)6-7-2-3-8-9-7/h2-3,11H,4-6H2,1H3,(H,8,9). The number of nitrogens with zero attached hydrogens (tertiary/aromatic N) is 2. The number of aromatic nitrogens is 2. The Labute approximate surface area is 65.8 Å². The van der Waals surface area contributed by atoms with Crippen molar-refractivity contribution in [1.29, 1.82) is 0 Å². The second-order valence-corrected chi connectivity index (χ2v) is 2.53. The molecule has 0 atom stereocenters. The Morgan fingerprint density at radius 3 is 3.09 bits per heavy atom. The molecule has 1 aromatic heterocycles. The largest absolute Gasteiger partial charge is 0.395 e. The van der Waals surface area contributed by atoms with Gasteiger partial charge in [0.1, 0.15) is 0 Å². The predicted octanol–water partition coefficient (Wildman–Crippen LogP) is -0.166. The molecule has 0 aliphatic heterocycles. The molecule has 0 bridgehead atoms. The molecule has 0 unspecified atom stereocenters. The topological polar surface area (TPSA) is 52.1 Å². The van der Waals surface area contributed by atoms with Gasteiger partial charge < -0.3 is 5.11 Å². The van der Waals surface area contributed by atoms with Crippen LogP contribution in [0.15, 0.2) is 12.3 Å². The van der Waals surface area contributed by atoms with Crippen LogP contribution >= 0.6 is 0 Å². The van der Waals surface area contributed by atoms with E-state index in [-0.39, 0.29) is 6.61 Å². The molecule has 0 aliphatic carbocycles. The third kappa shape index (κ3) is 2.69. The maximum Gasteiger partial charge on any atom is 0.0762 e. The van der Waals surface area contributed by atoms with Crippen LogP contribution in [0.3, 0.4) is 0 Å². The van der Waals surface area contributed by atoms with E-state index in [1.807, 2.05) is 18.0 Å². The lowest BCUT2D eigenvalue weighted by Crippen LogP contribution is -2.21. The number of hydrogen-bond acceptors (Lipinski definition) is 3. The average molecular weight is 155 g/mol. The summed E-state index contributed by atoms with van der Waals surface area (Å²) in [6.07, 6.45) is 1.79. The maximum absolute atomic E-state index is 8.60. The highest BCUT2D eigenvalue weighted by Gasteiger charge is 1.99. The smallest absolute Gasteiger partial charge is 0.0762 e. The van der Waals surface area contributed by atoms with Crippen LogP contribution in [0, 0.1) is 0 Å². The fraction of sp³-hybridized carbons (Fsp3) is 0.571. The van der Waals surface area contributed by atoms with E-state index in [0.717, 1.165) is 12.2 Å². The highest BCUT2D eigenvalue weighted by atomic mass is 16.3. The second kappa shape index (κ2) is 4.10. The predicted molar refractivity (Wildman–Crippen MR) is 42.0 cm³/mol. The average Bonchev–Trinajstić information content (AvgIpc) is 2.40. The van der Waals surface area contributed by atoms with Crippen molar-refractivity contribution in [2.75, 3.05) is 20.2 Å².